The van der Waals surface area contributed by atoms with Crippen LogP contribution in [0.15, 0.2) is 23.0 Å². The van der Waals surface area contributed by atoms with E-state index in [-0.39, 0.29) is 23.3 Å². The summed E-state index contributed by atoms with van der Waals surface area (Å²) in [5.41, 5.74) is 4.25. The van der Waals surface area contributed by atoms with Crippen LogP contribution in [0.3, 0.4) is 0 Å². The second kappa shape index (κ2) is 6.29. The summed E-state index contributed by atoms with van der Waals surface area (Å²) in [4.78, 5) is 26.8. The molecule has 6 heteroatoms. The summed E-state index contributed by atoms with van der Waals surface area (Å²) in [6.45, 7) is 4.70. The molecule has 1 saturated carbocycles. The van der Waals surface area contributed by atoms with Crippen molar-refractivity contribution in [3.63, 3.8) is 0 Å². The molecule has 1 amide bonds. The number of carbonyl (C=O) groups excluding carboxylic acids is 1. The second-order valence-corrected chi connectivity index (χ2v) is 7.80. The smallest absolute Gasteiger partial charge is 0.253 e. The summed E-state index contributed by atoms with van der Waals surface area (Å²) in [6.07, 6.45) is 1.13. The van der Waals surface area contributed by atoms with Gasteiger partial charge >= 0.3 is 0 Å². The van der Waals surface area contributed by atoms with Crippen LogP contribution in [0.1, 0.15) is 46.7 Å². The Bertz CT molecular complexity index is 992. The first-order chi connectivity index (χ1) is 12.8. The van der Waals surface area contributed by atoms with E-state index in [9.17, 15) is 18.4 Å². The third kappa shape index (κ3) is 3.07. The molecule has 1 aliphatic heterocycles. The molecule has 0 N–H and O–H groups in total. The number of nitrogens with zero attached hydrogens (tertiary/aromatic N) is 2. The van der Waals surface area contributed by atoms with Gasteiger partial charge in [-0.25, -0.2) is 8.78 Å². The lowest BCUT2D eigenvalue weighted by Gasteiger charge is -2.15. The van der Waals surface area contributed by atoms with E-state index in [1.165, 1.54) is 12.1 Å². The summed E-state index contributed by atoms with van der Waals surface area (Å²) in [6, 6.07) is 3.57. The minimum absolute atomic E-state index is 0.0177. The molecule has 2 atom stereocenters. The van der Waals surface area contributed by atoms with Crippen LogP contribution in [0, 0.1) is 31.4 Å². The lowest BCUT2D eigenvalue weighted by atomic mass is 10.0. The van der Waals surface area contributed by atoms with E-state index in [0.29, 0.717) is 25.1 Å². The van der Waals surface area contributed by atoms with Gasteiger partial charge < -0.3 is 9.47 Å². The Morgan fingerprint density at radius 3 is 2.44 bits per heavy atom. The fourth-order valence-electron chi connectivity index (χ4n) is 4.22. The number of hydrogen-bond donors (Lipinski definition) is 0. The molecule has 2 heterocycles. The maximum atomic E-state index is 13.4. The number of carbonyl (C=O) groups is 1. The molecule has 0 saturated heterocycles. The Morgan fingerprint density at radius 2 is 1.78 bits per heavy atom. The largest absolute Gasteiger partial charge is 0.332 e. The molecular formula is C21H22F2N2O2. The summed E-state index contributed by atoms with van der Waals surface area (Å²) >= 11 is 0. The van der Waals surface area contributed by atoms with Gasteiger partial charge in [-0.15, -0.1) is 0 Å². The fraction of sp³-hybridized carbons (Fsp3) is 0.429. The molecule has 4 rings (SSSR count). The van der Waals surface area contributed by atoms with Gasteiger partial charge in [0.2, 0.25) is 5.91 Å². The highest BCUT2D eigenvalue weighted by Crippen LogP contribution is 2.50. The quantitative estimate of drug-likeness (QED) is 0.830. The SMILES string of the molecule is Cc1c2c(n(C)c(=O)c1C)CN(C(=O)CC1CC1c1cc(F)cc(F)c1)C2. The van der Waals surface area contributed by atoms with Crippen molar-refractivity contribution < 1.29 is 13.6 Å². The average Bonchev–Trinajstić information content (AvgIpc) is 3.23. The van der Waals surface area contributed by atoms with Gasteiger partial charge in [-0.1, -0.05) is 0 Å². The minimum Gasteiger partial charge on any atom is -0.332 e. The first-order valence-electron chi connectivity index (χ1n) is 9.18. The van der Waals surface area contributed by atoms with Crippen molar-refractivity contribution in [3.05, 3.63) is 68.1 Å². The normalized spacial score (nSPS) is 20.7. The Kier molecular flexibility index (Phi) is 4.17. The summed E-state index contributed by atoms with van der Waals surface area (Å²) in [5, 5.41) is 0. The number of hydrogen-bond acceptors (Lipinski definition) is 2. The lowest BCUT2D eigenvalue weighted by molar-refractivity contribution is -0.132. The van der Waals surface area contributed by atoms with Crippen LogP contribution >= 0.6 is 0 Å². The molecule has 1 aliphatic carbocycles. The second-order valence-electron chi connectivity index (χ2n) is 7.80. The van der Waals surface area contributed by atoms with Gasteiger partial charge in [-0.05, 0) is 60.9 Å². The number of halogens is 2. The van der Waals surface area contributed by atoms with Crippen molar-refractivity contribution in [1.29, 1.82) is 0 Å². The van der Waals surface area contributed by atoms with Crippen LogP contribution in [0.2, 0.25) is 0 Å². The van der Waals surface area contributed by atoms with Crippen molar-refractivity contribution >= 4 is 5.91 Å². The van der Waals surface area contributed by atoms with E-state index in [2.05, 4.69) is 0 Å². The van der Waals surface area contributed by atoms with Gasteiger partial charge in [0.05, 0.1) is 6.54 Å². The van der Waals surface area contributed by atoms with Gasteiger partial charge in [0.1, 0.15) is 11.6 Å². The van der Waals surface area contributed by atoms with E-state index >= 15 is 0 Å². The number of fused-ring (bicyclic) bond motifs is 1. The van der Waals surface area contributed by atoms with Crippen molar-refractivity contribution in [1.82, 2.24) is 9.47 Å². The summed E-state index contributed by atoms with van der Waals surface area (Å²) in [5.74, 6) is -0.973. The molecule has 1 aromatic heterocycles. The maximum Gasteiger partial charge on any atom is 0.253 e. The highest BCUT2D eigenvalue weighted by molar-refractivity contribution is 5.78. The van der Waals surface area contributed by atoms with Crippen LogP contribution in [-0.2, 0) is 24.9 Å². The summed E-state index contributed by atoms with van der Waals surface area (Å²) in [7, 11) is 1.75. The molecule has 27 heavy (non-hydrogen) atoms. The molecule has 0 bridgehead atoms. The van der Waals surface area contributed by atoms with Crippen molar-refractivity contribution in [2.24, 2.45) is 13.0 Å². The van der Waals surface area contributed by atoms with Gasteiger partial charge in [0.15, 0.2) is 0 Å². The predicted molar refractivity (Wildman–Crippen MR) is 97.2 cm³/mol. The molecule has 2 aliphatic rings. The Labute approximate surface area is 156 Å². The minimum atomic E-state index is -0.580. The van der Waals surface area contributed by atoms with Crippen molar-refractivity contribution in [2.75, 3.05) is 0 Å². The Hall–Kier alpha value is -2.50. The van der Waals surface area contributed by atoms with Crippen molar-refractivity contribution in [2.45, 2.75) is 45.7 Å². The number of benzene rings is 1. The number of pyridine rings is 1. The van der Waals surface area contributed by atoms with Crippen LogP contribution in [0.4, 0.5) is 8.78 Å². The number of rotatable bonds is 3. The average molecular weight is 372 g/mol. The molecule has 1 aromatic carbocycles. The van der Waals surface area contributed by atoms with E-state index in [1.807, 2.05) is 13.8 Å². The van der Waals surface area contributed by atoms with Gasteiger partial charge in [-0.3, -0.25) is 9.59 Å². The zero-order valence-electron chi connectivity index (χ0n) is 15.7. The molecule has 142 valence electrons. The molecule has 1 fully saturated rings. The van der Waals surface area contributed by atoms with Gasteiger partial charge in [0.25, 0.3) is 5.56 Å². The molecule has 2 unspecified atom stereocenters. The van der Waals surface area contributed by atoms with Gasteiger partial charge in [-0.2, -0.15) is 0 Å². The molecule has 0 radical (unpaired) electrons. The van der Waals surface area contributed by atoms with E-state index < -0.39 is 11.6 Å². The molecular weight excluding hydrogens is 350 g/mol. The fourth-order valence-corrected chi connectivity index (χ4v) is 4.22. The number of amides is 1. The van der Waals surface area contributed by atoms with E-state index in [0.717, 1.165) is 34.9 Å². The first-order valence-corrected chi connectivity index (χ1v) is 9.18. The van der Waals surface area contributed by atoms with Crippen molar-refractivity contribution in [3.8, 4) is 0 Å². The molecule has 2 aromatic rings. The monoisotopic (exact) mass is 372 g/mol. The maximum absolute atomic E-state index is 13.4. The third-order valence-corrected chi connectivity index (χ3v) is 6.11. The third-order valence-electron chi connectivity index (χ3n) is 6.11. The standard InChI is InChI=1S/C21H22F2N2O2/c1-11-12(2)21(27)24(3)19-10-25(9-18(11)19)20(26)7-14-6-17(14)13-4-15(22)8-16(23)5-13/h4-5,8,14,17H,6-7,9-10H2,1-3H3. The van der Waals surface area contributed by atoms with E-state index in [4.69, 9.17) is 0 Å². The zero-order valence-corrected chi connectivity index (χ0v) is 15.7. The van der Waals surface area contributed by atoms with Gasteiger partial charge in [0, 0.05) is 37.3 Å². The molecule has 4 nitrogen and oxygen atoms in total. The van der Waals surface area contributed by atoms with Crippen LogP contribution < -0.4 is 5.56 Å². The van der Waals surface area contributed by atoms with E-state index in [1.54, 1.807) is 16.5 Å². The predicted octanol–water partition coefficient (Wildman–Crippen LogP) is 3.32. The topological polar surface area (TPSA) is 42.3 Å². The summed E-state index contributed by atoms with van der Waals surface area (Å²) < 4.78 is 28.4. The number of aromatic nitrogens is 1. The highest BCUT2D eigenvalue weighted by Gasteiger charge is 2.41. The van der Waals surface area contributed by atoms with Crippen LogP contribution in [0.25, 0.3) is 0 Å². The van der Waals surface area contributed by atoms with Crippen LogP contribution in [-0.4, -0.2) is 15.4 Å². The Morgan fingerprint density at radius 1 is 1.11 bits per heavy atom. The van der Waals surface area contributed by atoms with Crippen LogP contribution in [0.5, 0.6) is 0 Å². The lowest BCUT2D eigenvalue weighted by Crippen LogP contribution is -2.27. The zero-order chi connectivity index (χ0) is 19.5. The first kappa shape index (κ1) is 17.9. The highest BCUT2D eigenvalue weighted by atomic mass is 19.1. The molecule has 0 spiro atoms. The Balaban J connectivity index is 1.46.